The first-order chi connectivity index (χ1) is 9.06. The highest BCUT2D eigenvalue weighted by atomic mass is 32.2. The molecule has 2 atom stereocenters. The average Bonchev–Trinajstić information content (AvgIpc) is 3.13. The van der Waals surface area contributed by atoms with E-state index in [1.807, 2.05) is 7.05 Å². The molecule has 0 radical (unpaired) electrons. The third kappa shape index (κ3) is 3.14. The van der Waals surface area contributed by atoms with Gasteiger partial charge in [0.15, 0.2) is 0 Å². The lowest BCUT2D eigenvalue weighted by molar-refractivity contribution is -0.141. The van der Waals surface area contributed by atoms with Crippen LogP contribution in [0.25, 0.3) is 0 Å². The first-order valence-corrected chi connectivity index (χ1v) is 7.63. The van der Waals surface area contributed by atoms with E-state index < -0.39 is 12.0 Å². The molecule has 7 heteroatoms. The molecule has 2 N–H and O–H groups in total. The molecule has 2 fully saturated rings. The molecule has 6 nitrogen and oxygen atoms in total. The zero-order valence-corrected chi connectivity index (χ0v) is 12.2. The number of thioether (sulfide) groups is 1. The summed E-state index contributed by atoms with van der Waals surface area (Å²) in [7, 11) is 3.56. The van der Waals surface area contributed by atoms with E-state index in [0.717, 1.165) is 12.8 Å². The van der Waals surface area contributed by atoms with Crippen LogP contribution in [0.15, 0.2) is 0 Å². The van der Waals surface area contributed by atoms with E-state index >= 15 is 0 Å². The number of likely N-dealkylation sites (N-methyl/N-ethyl adjacent to an activating group) is 2. The first kappa shape index (κ1) is 14.5. The van der Waals surface area contributed by atoms with Crippen LogP contribution >= 0.6 is 11.8 Å². The summed E-state index contributed by atoms with van der Waals surface area (Å²) in [5, 5.41) is 12.3. The quantitative estimate of drug-likeness (QED) is 0.770. The molecule has 1 aliphatic heterocycles. The molecule has 2 aliphatic rings. The summed E-state index contributed by atoms with van der Waals surface area (Å²) in [5.74, 6) is 0.0873. The summed E-state index contributed by atoms with van der Waals surface area (Å²) in [5.41, 5.74) is 0. The number of carbonyl (C=O) groups is 2. The molecule has 1 heterocycles. The second-order valence-corrected chi connectivity index (χ2v) is 6.28. The fraction of sp³-hybridized carbons (Fsp3) is 0.833. The van der Waals surface area contributed by atoms with Crippen LogP contribution in [-0.2, 0) is 4.79 Å². The Morgan fingerprint density at radius 3 is 2.68 bits per heavy atom. The number of carboxylic acids is 1. The van der Waals surface area contributed by atoms with Crippen LogP contribution in [0, 0.1) is 5.92 Å². The minimum absolute atomic E-state index is 0.0469. The maximum atomic E-state index is 12.5. The Balaban J connectivity index is 2.06. The van der Waals surface area contributed by atoms with Crippen molar-refractivity contribution in [1.82, 2.24) is 15.1 Å². The summed E-state index contributed by atoms with van der Waals surface area (Å²) in [6.45, 7) is 1.29. The molecular weight excluding hydrogens is 266 g/mol. The molecule has 19 heavy (non-hydrogen) atoms. The molecule has 0 aromatic carbocycles. The van der Waals surface area contributed by atoms with E-state index in [-0.39, 0.29) is 11.4 Å². The predicted octanol–water partition coefficient (Wildman–Crippen LogP) is 0.496. The zero-order valence-electron chi connectivity index (χ0n) is 11.3. The van der Waals surface area contributed by atoms with Gasteiger partial charge < -0.3 is 15.3 Å². The van der Waals surface area contributed by atoms with Crippen LogP contribution in [0.5, 0.6) is 0 Å². The van der Waals surface area contributed by atoms with E-state index in [1.54, 1.807) is 28.6 Å². The number of aliphatic carboxylic acids is 1. The lowest BCUT2D eigenvalue weighted by atomic mass is 10.2. The molecular formula is C12H21N3O3S. The van der Waals surface area contributed by atoms with Crippen molar-refractivity contribution in [2.75, 3.05) is 32.9 Å². The summed E-state index contributed by atoms with van der Waals surface area (Å²) in [6.07, 6.45) is 2.21. The molecule has 0 aromatic rings. The van der Waals surface area contributed by atoms with Gasteiger partial charge in [-0.2, -0.15) is 0 Å². The van der Waals surface area contributed by atoms with Crippen molar-refractivity contribution in [3.8, 4) is 0 Å². The SMILES string of the molecule is CNCCN(C)C(=O)N1C(C(=O)O)CSC1C1CC1. The van der Waals surface area contributed by atoms with E-state index in [0.29, 0.717) is 24.8 Å². The Morgan fingerprint density at radius 1 is 1.47 bits per heavy atom. The van der Waals surface area contributed by atoms with Gasteiger partial charge in [-0.3, -0.25) is 4.90 Å². The van der Waals surface area contributed by atoms with E-state index in [4.69, 9.17) is 0 Å². The standard InChI is InChI=1S/C12H21N3O3S/c1-13-5-6-14(2)12(18)15-9(11(16)17)7-19-10(15)8-3-4-8/h8-10,13H,3-7H2,1-2H3,(H,16,17). The van der Waals surface area contributed by atoms with Gasteiger partial charge >= 0.3 is 12.0 Å². The topological polar surface area (TPSA) is 72.9 Å². The number of nitrogens with one attached hydrogen (secondary N) is 1. The van der Waals surface area contributed by atoms with Crippen molar-refractivity contribution in [1.29, 1.82) is 0 Å². The van der Waals surface area contributed by atoms with Gasteiger partial charge in [-0.1, -0.05) is 0 Å². The van der Waals surface area contributed by atoms with Gasteiger partial charge in [0.1, 0.15) is 6.04 Å². The molecule has 0 spiro atoms. The number of urea groups is 1. The highest BCUT2D eigenvalue weighted by Crippen LogP contribution is 2.45. The smallest absolute Gasteiger partial charge is 0.327 e. The molecule has 1 aliphatic carbocycles. The molecule has 2 unspecified atom stereocenters. The van der Waals surface area contributed by atoms with Gasteiger partial charge in [0.05, 0.1) is 5.37 Å². The molecule has 108 valence electrons. The number of rotatable bonds is 5. The molecule has 2 rings (SSSR count). The van der Waals surface area contributed by atoms with Crippen LogP contribution in [0.4, 0.5) is 4.79 Å². The van der Waals surface area contributed by atoms with Gasteiger partial charge in [-0.05, 0) is 25.8 Å². The largest absolute Gasteiger partial charge is 0.480 e. The summed E-state index contributed by atoms with van der Waals surface area (Å²) in [4.78, 5) is 26.9. The van der Waals surface area contributed by atoms with Crippen molar-refractivity contribution in [3.05, 3.63) is 0 Å². The Morgan fingerprint density at radius 2 is 2.16 bits per heavy atom. The molecule has 2 amide bonds. The van der Waals surface area contributed by atoms with Gasteiger partial charge in [0.2, 0.25) is 0 Å². The van der Waals surface area contributed by atoms with E-state index in [2.05, 4.69) is 5.32 Å². The number of carboxylic acid groups (broad SMARTS) is 1. The monoisotopic (exact) mass is 287 g/mol. The lowest BCUT2D eigenvalue weighted by Gasteiger charge is -2.31. The van der Waals surface area contributed by atoms with Gasteiger partial charge in [0.25, 0.3) is 0 Å². The van der Waals surface area contributed by atoms with Crippen molar-refractivity contribution in [2.24, 2.45) is 5.92 Å². The van der Waals surface area contributed by atoms with Crippen LogP contribution in [0.1, 0.15) is 12.8 Å². The van der Waals surface area contributed by atoms with Crippen molar-refractivity contribution in [3.63, 3.8) is 0 Å². The summed E-state index contributed by atoms with van der Waals surface area (Å²) < 4.78 is 0. The normalized spacial score (nSPS) is 26.5. The average molecular weight is 287 g/mol. The van der Waals surface area contributed by atoms with Crippen molar-refractivity contribution in [2.45, 2.75) is 24.3 Å². The Labute approximate surface area is 117 Å². The fourth-order valence-corrected chi connectivity index (χ4v) is 3.90. The van der Waals surface area contributed by atoms with Crippen LogP contribution in [-0.4, -0.2) is 71.3 Å². The van der Waals surface area contributed by atoms with Crippen LogP contribution < -0.4 is 5.32 Å². The van der Waals surface area contributed by atoms with Crippen molar-refractivity contribution < 1.29 is 14.7 Å². The fourth-order valence-electron chi connectivity index (χ4n) is 2.28. The molecule has 0 bridgehead atoms. The van der Waals surface area contributed by atoms with Crippen LogP contribution in [0.2, 0.25) is 0 Å². The van der Waals surface area contributed by atoms with Gasteiger partial charge in [-0.15, -0.1) is 11.8 Å². The number of hydrogen-bond acceptors (Lipinski definition) is 4. The number of nitrogens with zero attached hydrogens (tertiary/aromatic N) is 2. The zero-order chi connectivity index (χ0) is 14.0. The van der Waals surface area contributed by atoms with E-state index in [1.165, 1.54) is 0 Å². The molecule has 1 saturated carbocycles. The number of amides is 2. The minimum atomic E-state index is -0.897. The minimum Gasteiger partial charge on any atom is -0.480 e. The number of carbonyl (C=O) groups excluding carboxylic acids is 1. The predicted molar refractivity (Wildman–Crippen MR) is 74.2 cm³/mol. The second-order valence-electron chi connectivity index (χ2n) is 5.13. The molecule has 1 saturated heterocycles. The highest BCUT2D eigenvalue weighted by molar-refractivity contribution is 8.00. The highest BCUT2D eigenvalue weighted by Gasteiger charge is 2.48. The Kier molecular flexibility index (Phi) is 4.57. The maximum Gasteiger partial charge on any atom is 0.327 e. The summed E-state index contributed by atoms with van der Waals surface area (Å²) in [6, 6.07) is -0.843. The second kappa shape index (κ2) is 6.00. The van der Waals surface area contributed by atoms with Gasteiger partial charge in [0, 0.05) is 25.9 Å². The number of hydrogen-bond donors (Lipinski definition) is 2. The van der Waals surface area contributed by atoms with Gasteiger partial charge in [-0.25, -0.2) is 9.59 Å². The maximum absolute atomic E-state index is 12.5. The van der Waals surface area contributed by atoms with E-state index in [9.17, 15) is 14.7 Å². The third-order valence-corrected chi connectivity index (χ3v) is 5.05. The first-order valence-electron chi connectivity index (χ1n) is 6.58. The third-order valence-electron chi connectivity index (χ3n) is 3.59. The summed E-state index contributed by atoms with van der Waals surface area (Å²) >= 11 is 1.61. The molecule has 0 aromatic heterocycles. The lowest BCUT2D eigenvalue weighted by Crippen LogP contribution is -2.52. The van der Waals surface area contributed by atoms with Crippen LogP contribution in [0.3, 0.4) is 0 Å². The van der Waals surface area contributed by atoms with Crippen molar-refractivity contribution >= 4 is 23.8 Å². The Bertz CT molecular complexity index is 362. The Hall–Kier alpha value is -0.950.